The smallest absolute Gasteiger partial charge is 0.220 e. The van der Waals surface area contributed by atoms with Gasteiger partial charge in [0.15, 0.2) is 5.16 Å². The lowest BCUT2D eigenvalue weighted by Gasteiger charge is -2.15. The molecule has 3 rings (SSSR count). The molecule has 28 heavy (non-hydrogen) atoms. The minimum atomic E-state index is -0.506. The molecule has 1 atom stereocenters. The van der Waals surface area contributed by atoms with Crippen molar-refractivity contribution in [2.75, 3.05) is 13.7 Å². The van der Waals surface area contributed by atoms with Crippen molar-refractivity contribution in [1.29, 1.82) is 0 Å². The third kappa shape index (κ3) is 4.57. The maximum absolute atomic E-state index is 11.3. The predicted octanol–water partition coefficient (Wildman–Crippen LogP) is 5.00. The summed E-state index contributed by atoms with van der Waals surface area (Å²) in [7, 11) is 1.52. The van der Waals surface area contributed by atoms with E-state index in [1.165, 1.54) is 18.9 Å². The van der Waals surface area contributed by atoms with Crippen LogP contribution in [-0.2, 0) is 0 Å². The maximum atomic E-state index is 11.3. The summed E-state index contributed by atoms with van der Waals surface area (Å²) in [6.45, 7) is 1.53. The van der Waals surface area contributed by atoms with Gasteiger partial charge in [-0.25, -0.2) is 0 Å². The lowest BCUT2D eigenvalue weighted by atomic mass is 10.1. The van der Waals surface area contributed by atoms with Crippen molar-refractivity contribution in [1.82, 2.24) is 14.8 Å². The van der Waals surface area contributed by atoms with Gasteiger partial charge in [0.1, 0.15) is 16.8 Å². The Hall–Kier alpha value is -2.29. The monoisotopic (exact) mass is 438 g/mol. The zero-order valence-corrected chi connectivity index (χ0v) is 17.3. The molecule has 0 unspecified atom stereocenters. The van der Waals surface area contributed by atoms with Crippen molar-refractivity contribution in [3.63, 3.8) is 0 Å². The molecule has 2 aromatic carbocycles. The minimum absolute atomic E-state index is 0.292. The first kappa shape index (κ1) is 20.4. The fourth-order valence-electron chi connectivity index (χ4n) is 2.66. The molecular weight excluding hydrogens is 423 g/mol. The molecule has 0 aliphatic carbocycles. The molecule has 0 spiro atoms. The van der Waals surface area contributed by atoms with Crippen LogP contribution in [0.25, 0.3) is 5.69 Å². The number of nitrogens with zero attached hydrogens (tertiary/aromatic N) is 4. The Bertz CT molecular complexity index is 995. The first-order valence-corrected chi connectivity index (χ1v) is 9.82. The second-order valence-electron chi connectivity index (χ2n) is 5.86. The first-order valence-electron chi connectivity index (χ1n) is 8.19. The van der Waals surface area contributed by atoms with Crippen LogP contribution in [0.3, 0.4) is 0 Å². The van der Waals surface area contributed by atoms with Crippen LogP contribution < -0.4 is 4.74 Å². The lowest BCUT2D eigenvalue weighted by Crippen LogP contribution is -2.11. The molecule has 3 aromatic rings. The van der Waals surface area contributed by atoms with E-state index in [-0.39, 0.29) is 11.5 Å². The van der Waals surface area contributed by atoms with E-state index in [0.717, 1.165) is 5.69 Å². The van der Waals surface area contributed by atoms with Crippen LogP contribution in [0.2, 0.25) is 10.0 Å². The van der Waals surface area contributed by atoms with Crippen molar-refractivity contribution >= 4 is 35.0 Å². The van der Waals surface area contributed by atoms with E-state index in [0.29, 0.717) is 32.3 Å². The molecule has 0 N–H and O–H groups in total. The molecule has 0 radical (unpaired) electrons. The summed E-state index contributed by atoms with van der Waals surface area (Å²) in [6, 6.07) is 12.4. The Kier molecular flexibility index (Phi) is 6.43. The van der Waals surface area contributed by atoms with Crippen LogP contribution in [-0.4, -0.2) is 33.3 Å². The number of hydrogen-bond acceptors (Lipinski definition) is 6. The Morgan fingerprint density at radius 1 is 1.21 bits per heavy atom. The summed E-state index contributed by atoms with van der Waals surface area (Å²) in [6.07, 6.45) is 0. The number of rotatable bonds is 7. The molecule has 0 aliphatic rings. The van der Waals surface area contributed by atoms with Crippen molar-refractivity contribution in [2.24, 2.45) is 0 Å². The summed E-state index contributed by atoms with van der Waals surface area (Å²) in [4.78, 5) is 10.9. The van der Waals surface area contributed by atoms with Gasteiger partial charge in [0, 0.05) is 15.6 Å². The third-order valence-corrected chi connectivity index (χ3v) is 5.72. The maximum Gasteiger partial charge on any atom is 0.220 e. The van der Waals surface area contributed by atoms with Gasteiger partial charge in [-0.1, -0.05) is 41.0 Å². The molecule has 0 bridgehead atoms. The van der Waals surface area contributed by atoms with Gasteiger partial charge in [-0.3, -0.25) is 14.7 Å². The Morgan fingerprint density at radius 3 is 2.54 bits per heavy atom. The molecule has 7 nitrogen and oxygen atoms in total. The molecule has 0 fully saturated rings. The summed E-state index contributed by atoms with van der Waals surface area (Å²) in [5.41, 5.74) is 1.53. The number of benzene rings is 2. The van der Waals surface area contributed by atoms with Gasteiger partial charge in [-0.15, -0.1) is 10.2 Å². The number of aryl methyl sites for hydroxylation is 1. The number of aromatic nitrogens is 3. The SMILES string of the molecule is COc1ccc([C@H](C[N+](=O)[O-])Sc2nnc(C)n2-c2ccc(Cl)cc2)cc1Cl. The molecule has 0 amide bonds. The highest BCUT2D eigenvalue weighted by molar-refractivity contribution is 7.99. The molecule has 0 saturated heterocycles. The van der Waals surface area contributed by atoms with Gasteiger partial charge >= 0.3 is 0 Å². The van der Waals surface area contributed by atoms with E-state index in [4.69, 9.17) is 27.9 Å². The molecular formula is C18H16Cl2N4O3S. The summed E-state index contributed by atoms with van der Waals surface area (Å²) in [5, 5.41) is 20.6. The zero-order chi connectivity index (χ0) is 20.3. The van der Waals surface area contributed by atoms with E-state index < -0.39 is 5.25 Å². The topological polar surface area (TPSA) is 83.1 Å². The van der Waals surface area contributed by atoms with E-state index in [1.54, 1.807) is 30.3 Å². The second-order valence-corrected chi connectivity index (χ2v) is 7.87. The molecule has 146 valence electrons. The van der Waals surface area contributed by atoms with E-state index in [9.17, 15) is 10.1 Å². The molecule has 0 saturated carbocycles. The van der Waals surface area contributed by atoms with Crippen molar-refractivity contribution in [3.8, 4) is 11.4 Å². The van der Waals surface area contributed by atoms with Gasteiger partial charge in [0.05, 0.1) is 12.1 Å². The number of nitro groups is 1. The lowest BCUT2D eigenvalue weighted by molar-refractivity contribution is -0.479. The standard InChI is InChI=1S/C18H16Cl2N4O3S/c1-11-21-22-18(24(11)14-6-4-13(19)5-7-14)28-17(10-23(25)26)12-3-8-16(27-2)15(20)9-12/h3-9,17H,10H2,1-2H3/t17-/m0/s1. The highest BCUT2D eigenvalue weighted by atomic mass is 35.5. The summed E-state index contributed by atoms with van der Waals surface area (Å²) in [5.74, 6) is 1.17. The van der Waals surface area contributed by atoms with Gasteiger partial charge in [-0.05, 0) is 48.9 Å². The third-order valence-electron chi connectivity index (χ3n) is 3.99. The predicted molar refractivity (Wildman–Crippen MR) is 110 cm³/mol. The quantitative estimate of drug-likeness (QED) is 0.293. The molecule has 10 heteroatoms. The van der Waals surface area contributed by atoms with Crippen LogP contribution in [0, 0.1) is 17.0 Å². The van der Waals surface area contributed by atoms with Crippen LogP contribution in [0.5, 0.6) is 5.75 Å². The highest BCUT2D eigenvalue weighted by Crippen LogP contribution is 2.38. The normalized spacial score (nSPS) is 12.0. The zero-order valence-electron chi connectivity index (χ0n) is 15.0. The Balaban J connectivity index is 1.97. The fraction of sp³-hybridized carbons (Fsp3) is 0.222. The van der Waals surface area contributed by atoms with Crippen LogP contribution >= 0.6 is 35.0 Å². The van der Waals surface area contributed by atoms with Gasteiger partial charge in [0.2, 0.25) is 6.54 Å². The van der Waals surface area contributed by atoms with E-state index in [1.807, 2.05) is 23.6 Å². The molecule has 0 aliphatic heterocycles. The number of methoxy groups -OCH3 is 1. The number of halogens is 2. The van der Waals surface area contributed by atoms with Crippen LogP contribution in [0.15, 0.2) is 47.6 Å². The minimum Gasteiger partial charge on any atom is -0.495 e. The van der Waals surface area contributed by atoms with Gasteiger partial charge in [-0.2, -0.15) is 0 Å². The van der Waals surface area contributed by atoms with Crippen molar-refractivity contribution in [2.45, 2.75) is 17.3 Å². The van der Waals surface area contributed by atoms with E-state index in [2.05, 4.69) is 10.2 Å². The average molecular weight is 439 g/mol. The number of thioether (sulfide) groups is 1. The van der Waals surface area contributed by atoms with Crippen LogP contribution in [0.4, 0.5) is 0 Å². The van der Waals surface area contributed by atoms with Gasteiger partial charge < -0.3 is 4.74 Å². The number of ether oxygens (including phenoxy) is 1. The highest BCUT2D eigenvalue weighted by Gasteiger charge is 2.24. The van der Waals surface area contributed by atoms with E-state index >= 15 is 0 Å². The average Bonchev–Trinajstić information content (AvgIpc) is 3.02. The number of hydrogen-bond donors (Lipinski definition) is 0. The van der Waals surface area contributed by atoms with Crippen LogP contribution in [0.1, 0.15) is 16.6 Å². The van der Waals surface area contributed by atoms with Crippen molar-refractivity contribution < 1.29 is 9.66 Å². The molecule has 1 aromatic heterocycles. The summed E-state index contributed by atoms with van der Waals surface area (Å²) < 4.78 is 6.99. The molecule has 1 heterocycles. The second kappa shape index (κ2) is 8.81. The Labute approximate surface area is 175 Å². The Morgan fingerprint density at radius 2 is 1.93 bits per heavy atom. The van der Waals surface area contributed by atoms with Crippen molar-refractivity contribution in [3.05, 3.63) is 74.0 Å². The fourth-order valence-corrected chi connectivity index (χ4v) is 4.22. The van der Waals surface area contributed by atoms with Gasteiger partial charge in [0.25, 0.3) is 0 Å². The largest absolute Gasteiger partial charge is 0.495 e. The summed E-state index contributed by atoms with van der Waals surface area (Å²) >= 11 is 13.4. The first-order chi connectivity index (χ1) is 13.4.